The summed E-state index contributed by atoms with van der Waals surface area (Å²) in [5.74, 6) is 1.17. The summed E-state index contributed by atoms with van der Waals surface area (Å²) in [5.41, 5.74) is 4.93. The lowest BCUT2D eigenvalue weighted by Crippen LogP contribution is -2.22. The molecule has 152 valence electrons. The van der Waals surface area contributed by atoms with Crippen molar-refractivity contribution in [3.05, 3.63) is 95.1 Å². The third-order valence-electron chi connectivity index (χ3n) is 5.53. The zero-order valence-electron chi connectivity index (χ0n) is 17.3. The zero-order chi connectivity index (χ0) is 20.9. The van der Waals surface area contributed by atoms with Crippen LogP contribution in [-0.2, 0) is 11.2 Å². The number of rotatable bonds is 7. The minimum Gasteiger partial charge on any atom is -0.493 e. The molecule has 30 heavy (non-hydrogen) atoms. The maximum Gasteiger partial charge on any atom is 0.161 e. The molecule has 0 unspecified atom stereocenters. The second kappa shape index (κ2) is 8.95. The Kier molecular flexibility index (Phi) is 5.94. The average molecular weight is 399 g/mol. The maximum atomic E-state index is 13.6. The van der Waals surface area contributed by atoms with Crippen molar-refractivity contribution >= 4 is 11.5 Å². The molecule has 3 aromatic carbocycles. The number of aliphatic imine (C=N–C) groups is 1. The van der Waals surface area contributed by atoms with Crippen molar-refractivity contribution in [2.24, 2.45) is 4.99 Å². The molecule has 1 aliphatic rings. The first kappa shape index (κ1) is 19.9. The van der Waals surface area contributed by atoms with Gasteiger partial charge in [0.15, 0.2) is 17.3 Å². The number of ether oxygens (including phenoxy) is 2. The summed E-state index contributed by atoms with van der Waals surface area (Å²) in [7, 11) is 3.26. The highest BCUT2D eigenvalue weighted by Crippen LogP contribution is 2.34. The number of methoxy groups -OCH3 is 2. The predicted octanol–water partition coefficient (Wildman–Crippen LogP) is 4.84. The molecule has 0 atom stereocenters. The summed E-state index contributed by atoms with van der Waals surface area (Å²) in [6, 6.07) is 23.8. The smallest absolute Gasteiger partial charge is 0.161 e. The van der Waals surface area contributed by atoms with Crippen molar-refractivity contribution in [2.75, 3.05) is 20.8 Å². The van der Waals surface area contributed by atoms with Gasteiger partial charge in [-0.05, 0) is 35.2 Å². The molecular formula is C26H25NO3. The fourth-order valence-corrected chi connectivity index (χ4v) is 4.07. The second-order valence-corrected chi connectivity index (χ2v) is 7.34. The Morgan fingerprint density at radius 2 is 1.47 bits per heavy atom. The molecule has 0 radical (unpaired) electrons. The Hall–Kier alpha value is -3.40. The van der Waals surface area contributed by atoms with Gasteiger partial charge in [0.1, 0.15) is 0 Å². The van der Waals surface area contributed by atoms with Crippen LogP contribution in [0.5, 0.6) is 11.5 Å². The Balaban J connectivity index is 1.68. The van der Waals surface area contributed by atoms with Gasteiger partial charge in [-0.15, -0.1) is 0 Å². The van der Waals surface area contributed by atoms with Gasteiger partial charge in [-0.25, -0.2) is 0 Å². The molecule has 0 N–H and O–H groups in total. The largest absolute Gasteiger partial charge is 0.493 e. The highest BCUT2D eigenvalue weighted by molar-refractivity contribution is 6.14. The monoisotopic (exact) mass is 399 g/mol. The van der Waals surface area contributed by atoms with E-state index in [0.29, 0.717) is 18.0 Å². The molecule has 0 aliphatic carbocycles. The fraction of sp³-hybridized carbons (Fsp3) is 0.231. The van der Waals surface area contributed by atoms with E-state index in [1.807, 2.05) is 72.8 Å². The standard InChI is InChI=1S/C26H25NO3/c1-29-24-15-20-13-14-27-22(21(20)16-25(24)30-2)17-23(28)26(18-9-5-3-6-10-18)19-11-7-4-8-12-19/h3-12,15-16,26H,13-14,17H2,1-2H3. The number of ketones is 1. The molecular weight excluding hydrogens is 374 g/mol. The maximum absolute atomic E-state index is 13.6. The van der Waals surface area contributed by atoms with Crippen LogP contribution in [-0.4, -0.2) is 32.3 Å². The Bertz CT molecular complexity index is 1020. The summed E-state index contributed by atoms with van der Waals surface area (Å²) >= 11 is 0. The molecule has 0 saturated heterocycles. The molecule has 4 nitrogen and oxygen atoms in total. The van der Waals surface area contributed by atoms with Crippen molar-refractivity contribution in [3.8, 4) is 11.5 Å². The lowest BCUT2D eigenvalue weighted by atomic mass is 9.84. The fourth-order valence-electron chi connectivity index (χ4n) is 4.07. The van der Waals surface area contributed by atoms with Crippen molar-refractivity contribution in [1.82, 2.24) is 0 Å². The molecule has 0 aromatic heterocycles. The van der Waals surface area contributed by atoms with Gasteiger partial charge in [-0.1, -0.05) is 60.7 Å². The summed E-state index contributed by atoms with van der Waals surface area (Å²) < 4.78 is 10.9. The third-order valence-corrected chi connectivity index (χ3v) is 5.53. The van der Waals surface area contributed by atoms with E-state index in [2.05, 4.69) is 0 Å². The van der Waals surface area contributed by atoms with Crippen LogP contribution >= 0.6 is 0 Å². The van der Waals surface area contributed by atoms with Gasteiger partial charge in [0.05, 0.1) is 20.1 Å². The highest BCUT2D eigenvalue weighted by atomic mass is 16.5. The first-order valence-corrected chi connectivity index (χ1v) is 10.1. The van der Waals surface area contributed by atoms with Gasteiger partial charge in [-0.2, -0.15) is 0 Å². The number of fused-ring (bicyclic) bond motifs is 1. The Morgan fingerprint density at radius 1 is 0.900 bits per heavy atom. The molecule has 4 rings (SSSR count). The molecule has 0 amide bonds. The minimum absolute atomic E-state index is 0.133. The normalized spacial score (nSPS) is 12.8. The van der Waals surface area contributed by atoms with Crippen molar-refractivity contribution in [2.45, 2.75) is 18.8 Å². The quantitative estimate of drug-likeness (QED) is 0.571. The second-order valence-electron chi connectivity index (χ2n) is 7.34. The zero-order valence-corrected chi connectivity index (χ0v) is 17.3. The van der Waals surface area contributed by atoms with E-state index in [0.717, 1.165) is 34.4 Å². The topological polar surface area (TPSA) is 47.9 Å². The van der Waals surface area contributed by atoms with Crippen LogP contribution in [0.3, 0.4) is 0 Å². The van der Waals surface area contributed by atoms with Gasteiger partial charge >= 0.3 is 0 Å². The van der Waals surface area contributed by atoms with Crippen LogP contribution in [0.2, 0.25) is 0 Å². The van der Waals surface area contributed by atoms with Gasteiger partial charge in [0.25, 0.3) is 0 Å². The number of carbonyl (C=O) groups is 1. The molecule has 0 bridgehead atoms. The highest BCUT2D eigenvalue weighted by Gasteiger charge is 2.26. The van der Waals surface area contributed by atoms with E-state index in [1.165, 1.54) is 0 Å². The number of hydrogen-bond acceptors (Lipinski definition) is 4. The first-order valence-electron chi connectivity index (χ1n) is 10.1. The molecule has 0 saturated carbocycles. The number of benzene rings is 3. The van der Waals surface area contributed by atoms with Gasteiger partial charge in [0, 0.05) is 24.2 Å². The van der Waals surface area contributed by atoms with Crippen LogP contribution < -0.4 is 9.47 Å². The number of nitrogens with zero attached hydrogens (tertiary/aromatic N) is 1. The summed E-state index contributed by atoms with van der Waals surface area (Å²) in [6.07, 6.45) is 1.10. The Labute approximate surface area is 177 Å². The molecule has 0 fully saturated rings. The van der Waals surface area contributed by atoms with E-state index in [9.17, 15) is 4.79 Å². The third kappa shape index (κ3) is 3.99. The number of carbonyl (C=O) groups excluding carboxylic acids is 1. The van der Waals surface area contributed by atoms with Gasteiger partial charge in [-0.3, -0.25) is 9.79 Å². The van der Waals surface area contributed by atoms with Gasteiger partial charge < -0.3 is 9.47 Å². The van der Waals surface area contributed by atoms with E-state index in [-0.39, 0.29) is 18.1 Å². The first-order chi connectivity index (χ1) is 14.7. The van der Waals surface area contributed by atoms with Crippen molar-refractivity contribution in [1.29, 1.82) is 0 Å². The van der Waals surface area contributed by atoms with Crippen LogP contribution in [0.1, 0.15) is 34.6 Å². The lowest BCUT2D eigenvalue weighted by molar-refractivity contribution is -0.118. The van der Waals surface area contributed by atoms with E-state index in [1.54, 1.807) is 14.2 Å². The summed E-state index contributed by atoms with van der Waals surface area (Å²) in [6.45, 7) is 0.673. The Morgan fingerprint density at radius 3 is 2.03 bits per heavy atom. The van der Waals surface area contributed by atoms with E-state index >= 15 is 0 Å². The number of hydrogen-bond donors (Lipinski definition) is 0. The van der Waals surface area contributed by atoms with Crippen LogP contribution in [0.25, 0.3) is 0 Å². The summed E-state index contributed by atoms with van der Waals surface area (Å²) in [4.78, 5) is 18.3. The lowest BCUT2D eigenvalue weighted by Gasteiger charge is -2.22. The molecule has 1 heterocycles. The van der Waals surface area contributed by atoms with Gasteiger partial charge in [0.2, 0.25) is 0 Å². The predicted molar refractivity (Wildman–Crippen MR) is 119 cm³/mol. The molecule has 4 heteroatoms. The number of Topliss-reactive ketones (excluding diaryl/α,β-unsaturated/α-hetero) is 1. The summed E-state index contributed by atoms with van der Waals surface area (Å²) in [5, 5.41) is 0. The molecule has 3 aromatic rings. The van der Waals surface area contributed by atoms with Crippen LogP contribution in [0.15, 0.2) is 77.8 Å². The van der Waals surface area contributed by atoms with Crippen LogP contribution in [0.4, 0.5) is 0 Å². The van der Waals surface area contributed by atoms with Crippen molar-refractivity contribution < 1.29 is 14.3 Å². The average Bonchev–Trinajstić information content (AvgIpc) is 2.80. The molecule has 0 spiro atoms. The minimum atomic E-state index is -0.319. The van der Waals surface area contributed by atoms with E-state index in [4.69, 9.17) is 14.5 Å². The van der Waals surface area contributed by atoms with E-state index < -0.39 is 0 Å². The molecule has 1 aliphatic heterocycles. The van der Waals surface area contributed by atoms with Crippen LogP contribution in [0, 0.1) is 0 Å². The van der Waals surface area contributed by atoms with Crippen molar-refractivity contribution in [3.63, 3.8) is 0 Å². The SMILES string of the molecule is COc1cc2c(cc1OC)C(CC(=O)C(c1ccccc1)c1ccccc1)=NCC2.